The van der Waals surface area contributed by atoms with Gasteiger partial charge in [-0.3, -0.25) is 4.79 Å². The van der Waals surface area contributed by atoms with Crippen LogP contribution in [0.3, 0.4) is 0 Å². The van der Waals surface area contributed by atoms with Gasteiger partial charge in [0, 0.05) is 0 Å². The maximum absolute atomic E-state index is 12.3. The number of rotatable bonds is 3. The van der Waals surface area contributed by atoms with Crippen LogP contribution in [0.5, 0.6) is 5.75 Å². The minimum absolute atomic E-state index is 0.00997. The Morgan fingerprint density at radius 1 is 1.05 bits per heavy atom. The van der Waals surface area contributed by atoms with Crippen LogP contribution in [0.2, 0.25) is 0 Å². The second kappa shape index (κ2) is 5.22. The monoisotopic (exact) mass is 337 g/mol. The molecule has 2 aromatic carbocycles. The number of carbonyl (C=O) groups is 1. The standard InChI is InChI=1S/C14H11NO5S2/c1-10-6-2-4-8-12(10)20-21(17)15-14(16)11-7-3-5-9-13(11)22(15,18)19/h2-9H,1H3. The van der Waals surface area contributed by atoms with Gasteiger partial charge in [-0.15, -0.1) is 3.71 Å². The van der Waals surface area contributed by atoms with Crippen LogP contribution in [0.25, 0.3) is 0 Å². The van der Waals surface area contributed by atoms with Crippen molar-refractivity contribution in [2.75, 3.05) is 0 Å². The molecule has 0 spiro atoms. The van der Waals surface area contributed by atoms with Crippen molar-refractivity contribution in [3.8, 4) is 5.75 Å². The average molecular weight is 337 g/mol. The second-order valence-electron chi connectivity index (χ2n) is 4.60. The molecule has 0 fully saturated rings. The number of hydrogen-bond donors (Lipinski definition) is 0. The van der Waals surface area contributed by atoms with Gasteiger partial charge in [0.15, 0.2) is 0 Å². The summed E-state index contributed by atoms with van der Waals surface area (Å²) < 4.78 is 42.4. The molecule has 1 aliphatic heterocycles. The summed E-state index contributed by atoms with van der Waals surface area (Å²) in [5.74, 6) is -0.609. The van der Waals surface area contributed by atoms with E-state index in [-0.39, 0.29) is 19.9 Å². The highest BCUT2D eigenvalue weighted by molar-refractivity contribution is 8.01. The van der Waals surface area contributed by atoms with Crippen molar-refractivity contribution >= 4 is 27.2 Å². The quantitative estimate of drug-likeness (QED) is 0.853. The Kier molecular flexibility index (Phi) is 3.50. The highest BCUT2D eigenvalue weighted by Crippen LogP contribution is 2.32. The molecule has 1 atom stereocenters. The van der Waals surface area contributed by atoms with Crippen molar-refractivity contribution in [2.24, 2.45) is 0 Å². The largest absolute Gasteiger partial charge is 0.384 e. The van der Waals surface area contributed by atoms with Crippen LogP contribution in [0.15, 0.2) is 53.4 Å². The summed E-state index contributed by atoms with van der Waals surface area (Å²) in [6.07, 6.45) is 0. The fourth-order valence-electron chi connectivity index (χ4n) is 2.07. The van der Waals surface area contributed by atoms with E-state index < -0.39 is 27.2 Å². The number of sulfonamides is 1. The average Bonchev–Trinajstić information content (AvgIpc) is 2.69. The van der Waals surface area contributed by atoms with E-state index in [9.17, 15) is 17.4 Å². The predicted molar refractivity (Wildman–Crippen MR) is 79.7 cm³/mol. The van der Waals surface area contributed by atoms with E-state index in [1.807, 2.05) is 0 Å². The third-order valence-corrected chi connectivity index (χ3v) is 6.40. The molecule has 3 rings (SSSR count). The summed E-state index contributed by atoms with van der Waals surface area (Å²) in [5, 5.41) is 0. The molecule has 114 valence electrons. The van der Waals surface area contributed by atoms with E-state index in [1.54, 1.807) is 37.3 Å². The van der Waals surface area contributed by atoms with Gasteiger partial charge in [-0.25, -0.2) is 0 Å². The van der Waals surface area contributed by atoms with Gasteiger partial charge in [0.25, 0.3) is 15.9 Å². The van der Waals surface area contributed by atoms with Gasteiger partial charge in [0.05, 0.1) is 5.56 Å². The molecule has 0 saturated heterocycles. The number of carbonyl (C=O) groups excluding carboxylic acids is 1. The number of fused-ring (bicyclic) bond motifs is 1. The zero-order chi connectivity index (χ0) is 15.9. The molecule has 8 heteroatoms. The van der Waals surface area contributed by atoms with Crippen LogP contribution in [0, 0.1) is 6.92 Å². The first-order valence-electron chi connectivity index (χ1n) is 6.27. The van der Waals surface area contributed by atoms with E-state index in [4.69, 9.17) is 4.18 Å². The highest BCUT2D eigenvalue weighted by Gasteiger charge is 2.46. The van der Waals surface area contributed by atoms with Gasteiger partial charge in [0.1, 0.15) is 10.6 Å². The highest BCUT2D eigenvalue weighted by atomic mass is 32.3. The minimum atomic E-state index is -4.17. The van der Waals surface area contributed by atoms with E-state index in [0.29, 0.717) is 5.56 Å². The lowest BCUT2D eigenvalue weighted by atomic mass is 10.2. The van der Waals surface area contributed by atoms with Crippen LogP contribution in [0.1, 0.15) is 15.9 Å². The van der Waals surface area contributed by atoms with Crippen molar-refractivity contribution in [1.82, 2.24) is 3.71 Å². The summed E-state index contributed by atoms with van der Waals surface area (Å²) in [7, 11) is -4.17. The molecule has 1 unspecified atom stereocenters. The topological polar surface area (TPSA) is 80.8 Å². The van der Waals surface area contributed by atoms with Gasteiger partial charge >= 0.3 is 11.3 Å². The predicted octanol–water partition coefficient (Wildman–Crippen LogP) is 1.80. The second-order valence-corrected chi connectivity index (χ2v) is 7.55. The molecule has 0 N–H and O–H groups in total. The van der Waals surface area contributed by atoms with Crippen LogP contribution >= 0.6 is 0 Å². The van der Waals surface area contributed by atoms with E-state index >= 15 is 0 Å². The molecule has 0 aliphatic carbocycles. The molecule has 0 radical (unpaired) electrons. The van der Waals surface area contributed by atoms with Gasteiger partial charge < -0.3 is 4.18 Å². The van der Waals surface area contributed by atoms with Gasteiger partial charge in [-0.05, 0) is 30.7 Å². The summed E-state index contributed by atoms with van der Waals surface area (Å²) >= 11 is -2.49. The van der Waals surface area contributed by atoms with E-state index in [2.05, 4.69) is 0 Å². The maximum atomic E-state index is 12.3. The first-order chi connectivity index (χ1) is 10.4. The van der Waals surface area contributed by atoms with E-state index in [1.165, 1.54) is 18.2 Å². The van der Waals surface area contributed by atoms with Crippen LogP contribution in [0.4, 0.5) is 0 Å². The molecule has 0 bridgehead atoms. The van der Waals surface area contributed by atoms with Crippen molar-refractivity contribution in [3.63, 3.8) is 0 Å². The fraction of sp³-hybridized carbons (Fsp3) is 0.0714. The summed E-state index contributed by atoms with van der Waals surface area (Å²) in [5.41, 5.74) is 0.668. The Morgan fingerprint density at radius 2 is 1.68 bits per heavy atom. The summed E-state index contributed by atoms with van der Waals surface area (Å²) in [6, 6.07) is 12.4. The minimum Gasteiger partial charge on any atom is -0.384 e. The molecule has 1 aliphatic rings. The lowest BCUT2D eigenvalue weighted by Crippen LogP contribution is -2.34. The number of nitrogens with zero attached hydrogens (tertiary/aromatic N) is 1. The molecular formula is C14H11NO5S2. The third-order valence-electron chi connectivity index (χ3n) is 3.17. The Labute approximate surface area is 130 Å². The van der Waals surface area contributed by atoms with Crippen LogP contribution in [-0.2, 0) is 21.3 Å². The molecule has 1 heterocycles. The van der Waals surface area contributed by atoms with Gasteiger partial charge in [0.2, 0.25) is 0 Å². The molecule has 22 heavy (non-hydrogen) atoms. The zero-order valence-corrected chi connectivity index (χ0v) is 13.1. The summed E-state index contributed by atoms with van der Waals surface area (Å²) in [4.78, 5) is 12.0. The molecular weight excluding hydrogens is 326 g/mol. The van der Waals surface area contributed by atoms with Crippen molar-refractivity contribution in [1.29, 1.82) is 0 Å². The van der Waals surface area contributed by atoms with Crippen molar-refractivity contribution < 1.29 is 21.6 Å². The Morgan fingerprint density at radius 3 is 2.36 bits per heavy atom. The first kappa shape index (κ1) is 14.7. The first-order valence-corrected chi connectivity index (χ1v) is 8.74. The Bertz CT molecular complexity index is 892. The molecule has 2 aromatic rings. The fourth-order valence-corrected chi connectivity index (χ4v) is 4.87. The SMILES string of the molecule is Cc1ccccc1OS(=O)N1C(=O)c2ccccc2S1(=O)=O. The third kappa shape index (κ3) is 2.20. The van der Waals surface area contributed by atoms with Gasteiger partial charge in [-0.2, -0.15) is 12.6 Å². The number of para-hydroxylation sites is 1. The molecule has 0 aromatic heterocycles. The number of hydrogen-bond acceptors (Lipinski definition) is 5. The molecule has 1 amide bonds. The smallest absolute Gasteiger partial charge is 0.336 e. The molecule has 0 saturated carbocycles. The van der Waals surface area contributed by atoms with Crippen molar-refractivity contribution in [3.05, 3.63) is 59.7 Å². The van der Waals surface area contributed by atoms with Crippen LogP contribution in [-0.4, -0.2) is 22.2 Å². The van der Waals surface area contributed by atoms with Gasteiger partial charge in [-0.1, -0.05) is 30.3 Å². The van der Waals surface area contributed by atoms with Crippen molar-refractivity contribution in [2.45, 2.75) is 11.8 Å². The maximum Gasteiger partial charge on any atom is 0.336 e. The van der Waals surface area contributed by atoms with Crippen LogP contribution < -0.4 is 4.18 Å². The Balaban J connectivity index is 1.98. The normalized spacial score (nSPS) is 17.1. The number of benzene rings is 2. The molecule has 6 nitrogen and oxygen atoms in total. The summed E-state index contributed by atoms with van der Waals surface area (Å²) in [6.45, 7) is 1.72. The number of aryl methyl sites for hydroxylation is 1. The van der Waals surface area contributed by atoms with E-state index in [0.717, 1.165) is 0 Å². The lowest BCUT2D eigenvalue weighted by Gasteiger charge is -2.14. The lowest BCUT2D eigenvalue weighted by molar-refractivity contribution is 0.0928. The zero-order valence-electron chi connectivity index (χ0n) is 11.4. The Hall–Kier alpha value is -2.19. The number of amides is 1.